The van der Waals surface area contributed by atoms with Crippen LogP contribution in [-0.2, 0) is 4.79 Å². The summed E-state index contributed by atoms with van der Waals surface area (Å²) in [4.78, 5) is 17.1. The van der Waals surface area contributed by atoms with Gasteiger partial charge in [0.05, 0.1) is 0 Å². The standard InChI is InChI=1S/C29H34N2O.ClH/c32-28(31-19-6-1-7-20-31)13-8-18-30-21-16-25(17-22-30)29-26-11-4-2-9-23(26)14-15-24-10-3-5-12-27(24)29;/h2-5,9-12,14-15H,1,6-8,13,16-22H2;1H. The molecule has 0 bridgehead atoms. The van der Waals surface area contributed by atoms with Crippen molar-refractivity contribution in [1.82, 2.24) is 9.80 Å². The molecule has 3 nitrogen and oxygen atoms in total. The molecule has 3 aliphatic rings. The summed E-state index contributed by atoms with van der Waals surface area (Å²) in [5, 5.41) is 0. The van der Waals surface area contributed by atoms with Crippen LogP contribution in [-0.4, -0.2) is 48.4 Å². The van der Waals surface area contributed by atoms with E-state index in [9.17, 15) is 4.79 Å². The van der Waals surface area contributed by atoms with Crippen molar-refractivity contribution in [3.63, 3.8) is 0 Å². The maximum absolute atomic E-state index is 12.5. The highest BCUT2D eigenvalue weighted by molar-refractivity contribution is 5.94. The van der Waals surface area contributed by atoms with Gasteiger partial charge in [-0.25, -0.2) is 0 Å². The molecule has 2 aromatic carbocycles. The molecular weight excluding hydrogens is 428 g/mol. The summed E-state index contributed by atoms with van der Waals surface area (Å²) in [6.07, 6.45) is 12.1. The average molecular weight is 463 g/mol. The number of hydrogen-bond acceptors (Lipinski definition) is 2. The fraction of sp³-hybridized carbons (Fsp3) is 0.414. The van der Waals surface area contributed by atoms with E-state index in [-0.39, 0.29) is 12.4 Å². The molecule has 0 saturated carbocycles. The summed E-state index contributed by atoms with van der Waals surface area (Å²) >= 11 is 0. The second-order valence-electron chi connectivity index (χ2n) is 9.37. The zero-order valence-corrected chi connectivity index (χ0v) is 20.3. The first-order valence-corrected chi connectivity index (χ1v) is 12.4. The normalized spacial score (nSPS) is 18.2. The van der Waals surface area contributed by atoms with Crippen LogP contribution in [0.4, 0.5) is 0 Å². The van der Waals surface area contributed by atoms with Gasteiger partial charge in [-0.15, -0.1) is 12.4 Å². The molecule has 2 heterocycles. The largest absolute Gasteiger partial charge is 0.343 e. The lowest BCUT2D eigenvalue weighted by Gasteiger charge is -2.31. The molecule has 174 valence electrons. The molecule has 2 saturated heterocycles. The summed E-state index contributed by atoms with van der Waals surface area (Å²) in [5.74, 6) is 0.365. The lowest BCUT2D eigenvalue weighted by Crippen LogP contribution is -2.36. The number of hydrogen-bond donors (Lipinski definition) is 0. The van der Waals surface area contributed by atoms with E-state index < -0.39 is 0 Å². The zero-order chi connectivity index (χ0) is 21.8. The van der Waals surface area contributed by atoms with Crippen molar-refractivity contribution < 1.29 is 4.79 Å². The maximum atomic E-state index is 12.5. The Bertz CT molecular complexity index is 974. The molecule has 0 N–H and O–H groups in total. The number of carbonyl (C=O) groups excluding carboxylic acids is 1. The van der Waals surface area contributed by atoms with Crippen LogP contribution < -0.4 is 0 Å². The van der Waals surface area contributed by atoms with E-state index >= 15 is 0 Å². The van der Waals surface area contributed by atoms with Gasteiger partial charge in [-0.2, -0.15) is 0 Å². The van der Waals surface area contributed by atoms with Crippen LogP contribution in [0, 0.1) is 0 Å². The van der Waals surface area contributed by atoms with E-state index in [4.69, 9.17) is 0 Å². The molecule has 0 aromatic heterocycles. The monoisotopic (exact) mass is 462 g/mol. The molecule has 0 atom stereocenters. The van der Waals surface area contributed by atoms with Crippen molar-refractivity contribution in [2.24, 2.45) is 0 Å². The van der Waals surface area contributed by atoms with Crippen LogP contribution in [0.15, 0.2) is 54.1 Å². The minimum Gasteiger partial charge on any atom is -0.343 e. The molecule has 33 heavy (non-hydrogen) atoms. The molecule has 2 aliphatic heterocycles. The van der Waals surface area contributed by atoms with Gasteiger partial charge in [0.1, 0.15) is 0 Å². The second-order valence-corrected chi connectivity index (χ2v) is 9.37. The van der Waals surface area contributed by atoms with E-state index in [1.807, 2.05) is 0 Å². The Morgan fingerprint density at radius 3 is 1.94 bits per heavy atom. The fourth-order valence-corrected chi connectivity index (χ4v) is 5.50. The Kier molecular flexibility index (Phi) is 8.06. The van der Waals surface area contributed by atoms with E-state index in [1.54, 1.807) is 5.57 Å². The second kappa shape index (κ2) is 11.2. The molecule has 0 spiro atoms. The number of fused-ring (bicyclic) bond motifs is 2. The summed E-state index contributed by atoms with van der Waals surface area (Å²) in [6.45, 7) is 5.16. The topological polar surface area (TPSA) is 23.6 Å². The summed E-state index contributed by atoms with van der Waals surface area (Å²) in [6, 6.07) is 17.6. The lowest BCUT2D eigenvalue weighted by atomic mass is 9.86. The highest BCUT2D eigenvalue weighted by Gasteiger charge is 2.23. The molecular formula is C29H35ClN2O. The number of likely N-dealkylation sites (tertiary alicyclic amines) is 2. The van der Waals surface area contributed by atoms with Gasteiger partial charge >= 0.3 is 0 Å². The van der Waals surface area contributed by atoms with Crippen LogP contribution in [0.25, 0.3) is 17.7 Å². The number of carbonyl (C=O) groups is 1. The number of piperidine rings is 2. The molecule has 1 aliphatic carbocycles. The lowest BCUT2D eigenvalue weighted by molar-refractivity contribution is -0.132. The minimum atomic E-state index is 0. The van der Waals surface area contributed by atoms with Gasteiger partial charge in [0.15, 0.2) is 0 Å². The fourth-order valence-electron chi connectivity index (χ4n) is 5.50. The quantitative estimate of drug-likeness (QED) is 0.455. The summed E-state index contributed by atoms with van der Waals surface area (Å²) < 4.78 is 0. The van der Waals surface area contributed by atoms with Crippen molar-refractivity contribution in [3.05, 3.63) is 76.4 Å². The van der Waals surface area contributed by atoms with Crippen molar-refractivity contribution in [2.45, 2.75) is 44.9 Å². The highest BCUT2D eigenvalue weighted by atomic mass is 35.5. The van der Waals surface area contributed by atoms with Gasteiger partial charge in [0.25, 0.3) is 0 Å². The van der Waals surface area contributed by atoms with E-state index in [2.05, 4.69) is 70.5 Å². The number of nitrogens with zero attached hydrogens (tertiary/aromatic N) is 2. The molecule has 1 amide bonds. The Hall–Kier alpha value is -2.36. The van der Waals surface area contributed by atoms with Crippen LogP contribution in [0.5, 0.6) is 0 Å². The van der Waals surface area contributed by atoms with Gasteiger partial charge in [-0.3, -0.25) is 4.79 Å². The highest BCUT2D eigenvalue weighted by Crippen LogP contribution is 2.38. The van der Waals surface area contributed by atoms with E-state index in [0.717, 1.165) is 52.0 Å². The third-order valence-corrected chi connectivity index (χ3v) is 7.29. The number of halogens is 1. The van der Waals surface area contributed by atoms with Gasteiger partial charge < -0.3 is 9.80 Å². The average Bonchev–Trinajstić information content (AvgIpc) is 3.02. The zero-order valence-electron chi connectivity index (χ0n) is 19.5. The van der Waals surface area contributed by atoms with E-state index in [0.29, 0.717) is 12.3 Å². The Morgan fingerprint density at radius 1 is 0.758 bits per heavy atom. The number of benzene rings is 2. The molecule has 0 unspecified atom stereocenters. The number of amides is 1. The summed E-state index contributed by atoms with van der Waals surface area (Å²) in [7, 11) is 0. The molecule has 2 fully saturated rings. The SMILES string of the molecule is Cl.O=C(CCCN1CCC(=C2c3ccccc3C=Cc3ccccc32)CC1)N1CCCCC1. The van der Waals surface area contributed by atoms with Gasteiger partial charge in [-0.05, 0) is 72.9 Å². The third-order valence-electron chi connectivity index (χ3n) is 7.29. The van der Waals surface area contributed by atoms with E-state index in [1.165, 1.54) is 47.1 Å². The molecule has 4 heteroatoms. The van der Waals surface area contributed by atoms with Gasteiger partial charge in [0, 0.05) is 32.6 Å². The summed E-state index contributed by atoms with van der Waals surface area (Å²) in [5.41, 5.74) is 8.37. The van der Waals surface area contributed by atoms with Gasteiger partial charge in [0.2, 0.25) is 5.91 Å². The molecule has 5 rings (SSSR count). The first-order valence-electron chi connectivity index (χ1n) is 12.4. The minimum absolute atomic E-state index is 0. The molecule has 2 aromatic rings. The third kappa shape index (κ3) is 5.42. The predicted octanol–water partition coefficient (Wildman–Crippen LogP) is 6.28. The first kappa shape index (κ1) is 23.8. The van der Waals surface area contributed by atoms with Gasteiger partial charge in [-0.1, -0.05) is 66.3 Å². The smallest absolute Gasteiger partial charge is 0.222 e. The van der Waals surface area contributed by atoms with Crippen LogP contribution >= 0.6 is 12.4 Å². The predicted molar refractivity (Wildman–Crippen MR) is 140 cm³/mol. The Labute approximate surface area is 204 Å². The Balaban J connectivity index is 0.00000259. The Morgan fingerprint density at radius 2 is 1.33 bits per heavy atom. The first-order chi connectivity index (χ1) is 15.8. The number of rotatable bonds is 4. The molecule has 0 radical (unpaired) electrons. The van der Waals surface area contributed by atoms with Crippen LogP contribution in [0.3, 0.4) is 0 Å². The van der Waals surface area contributed by atoms with Crippen LogP contribution in [0.1, 0.15) is 67.2 Å². The van der Waals surface area contributed by atoms with Crippen LogP contribution in [0.2, 0.25) is 0 Å². The van der Waals surface area contributed by atoms with Crippen molar-refractivity contribution >= 4 is 36.0 Å². The van der Waals surface area contributed by atoms with Crippen molar-refractivity contribution in [2.75, 3.05) is 32.7 Å². The van der Waals surface area contributed by atoms with Crippen molar-refractivity contribution in [3.8, 4) is 0 Å². The maximum Gasteiger partial charge on any atom is 0.222 e. The van der Waals surface area contributed by atoms with Crippen molar-refractivity contribution in [1.29, 1.82) is 0 Å².